The lowest BCUT2D eigenvalue weighted by Crippen LogP contribution is -2.33. The molecule has 1 heterocycles. The van der Waals surface area contributed by atoms with Gasteiger partial charge in [-0.2, -0.15) is 0 Å². The topological polar surface area (TPSA) is 70.1 Å². The van der Waals surface area contributed by atoms with Gasteiger partial charge in [0.1, 0.15) is 12.4 Å². The number of ether oxygens (including phenoxy) is 1. The van der Waals surface area contributed by atoms with E-state index in [0.29, 0.717) is 26.2 Å². The summed E-state index contributed by atoms with van der Waals surface area (Å²) in [6.07, 6.45) is -0.646. The number of hydrogen-bond donors (Lipinski definition) is 1. The minimum atomic E-state index is -3.34. The molecule has 7 heteroatoms. The van der Waals surface area contributed by atoms with Crippen LogP contribution in [0.3, 0.4) is 0 Å². The van der Waals surface area contributed by atoms with Gasteiger partial charge in [-0.05, 0) is 11.6 Å². The highest BCUT2D eigenvalue weighted by Gasteiger charge is 2.35. The van der Waals surface area contributed by atoms with Crippen LogP contribution in [-0.4, -0.2) is 61.8 Å². The molecule has 1 aliphatic heterocycles. The molecule has 1 aliphatic rings. The van der Waals surface area contributed by atoms with Crippen LogP contribution < -0.4 is 4.74 Å². The van der Waals surface area contributed by atoms with Gasteiger partial charge < -0.3 is 9.84 Å². The molecule has 1 saturated heterocycles. The molecule has 0 unspecified atom stereocenters. The zero-order valence-corrected chi connectivity index (χ0v) is 17.2. The van der Waals surface area contributed by atoms with Gasteiger partial charge in [-0.25, -0.2) is 12.7 Å². The van der Waals surface area contributed by atoms with Crippen molar-refractivity contribution < 1.29 is 18.3 Å². The Labute approximate surface area is 167 Å². The van der Waals surface area contributed by atoms with Crippen LogP contribution in [0.4, 0.5) is 0 Å². The Morgan fingerprint density at radius 3 is 2.46 bits per heavy atom. The summed E-state index contributed by atoms with van der Waals surface area (Å²) >= 11 is 0. The summed E-state index contributed by atoms with van der Waals surface area (Å²) in [5, 5.41) is 10.3. The number of benzene rings is 2. The maximum atomic E-state index is 12.1. The summed E-state index contributed by atoms with van der Waals surface area (Å²) < 4.78 is 31.5. The molecular formula is C21H28N2O4S. The van der Waals surface area contributed by atoms with Crippen LogP contribution in [0, 0.1) is 5.92 Å². The Morgan fingerprint density at radius 2 is 1.75 bits per heavy atom. The summed E-state index contributed by atoms with van der Waals surface area (Å²) in [4.78, 5) is 2.09. The van der Waals surface area contributed by atoms with Crippen LogP contribution in [0.1, 0.15) is 11.1 Å². The molecule has 0 radical (unpaired) electrons. The molecule has 0 aromatic heterocycles. The monoisotopic (exact) mass is 404 g/mol. The molecule has 1 fully saturated rings. The third-order valence-corrected chi connectivity index (χ3v) is 7.03. The van der Waals surface area contributed by atoms with E-state index in [1.165, 1.54) is 18.4 Å². The third-order valence-electron chi connectivity index (χ3n) is 5.07. The highest BCUT2D eigenvalue weighted by atomic mass is 32.2. The van der Waals surface area contributed by atoms with E-state index < -0.39 is 16.1 Å². The van der Waals surface area contributed by atoms with Crippen molar-refractivity contribution in [2.24, 2.45) is 5.92 Å². The fourth-order valence-electron chi connectivity index (χ4n) is 3.41. The fourth-order valence-corrected chi connectivity index (χ4v) is 4.57. The van der Waals surface area contributed by atoms with Gasteiger partial charge in [-0.15, -0.1) is 0 Å². The van der Waals surface area contributed by atoms with Crippen molar-refractivity contribution in [1.82, 2.24) is 9.21 Å². The largest absolute Gasteiger partial charge is 0.489 e. The summed E-state index contributed by atoms with van der Waals surface area (Å²) in [5.74, 6) is 0.485. The normalized spacial score (nSPS) is 20.6. The number of sulfonamides is 1. The zero-order valence-electron chi connectivity index (χ0n) is 16.4. The second kappa shape index (κ2) is 9.05. The van der Waals surface area contributed by atoms with Gasteiger partial charge in [-0.1, -0.05) is 48.5 Å². The number of aliphatic hydroxyl groups is 1. The van der Waals surface area contributed by atoms with Crippen LogP contribution in [0.15, 0.2) is 54.6 Å². The molecule has 0 saturated carbocycles. The smallest absolute Gasteiger partial charge is 0.214 e. The van der Waals surface area contributed by atoms with E-state index in [-0.39, 0.29) is 11.7 Å². The van der Waals surface area contributed by atoms with Crippen LogP contribution >= 0.6 is 0 Å². The first-order valence-electron chi connectivity index (χ1n) is 9.40. The van der Waals surface area contributed by atoms with Crippen molar-refractivity contribution in [3.05, 3.63) is 65.7 Å². The summed E-state index contributed by atoms with van der Waals surface area (Å²) in [5.41, 5.74) is 2.13. The highest BCUT2D eigenvalue weighted by Crippen LogP contribution is 2.26. The Balaban J connectivity index is 1.63. The molecule has 152 valence electrons. The summed E-state index contributed by atoms with van der Waals surface area (Å²) in [7, 11) is -0.291. The van der Waals surface area contributed by atoms with E-state index in [4.69, 9.17) is 4.74 Å². The predicted molar refractivity (Wildman–Crippen MR) is 109 cm³/mol. The lowest BCUT2D eigenvalue weighted by Gasteiger charge is -2.19. The van der Waals surface area contributed by atoms with E-state index in [0.717, 1.165) is 16.9 Å². The molecule has 0 bridgehead atoms. The SMILES string of the molecule is CN(C)S(=O)(=O)C[C@@H]1CN(Cc2ccccc2OCc2ccccc2)C[C@H]1O. The first kappa shape index (κ1) is 20.8. The quantitative estimate of drug-likeness (QED) is 0.728. The molecule has 6 nitrogen and oxygen atoms in total. The molecule has 2 atom stereocenters. The standard InChI is InChI=1S/C21H28N2O4S/c1-22(2)28(25,26)16-19-13-23(14-20(19)24)12-18-10-6-7-11-21(18)27-15-17-8-4-3-5-9-17/h3-11,19-20,24H,12-16H2,1-2H3/t19-,20+/m0/s1. The molecule has 2 aromatic carbocycles. The molecule has 3 rings (SSSR count). The molecular weight excluding hydrogens is 376 g/mol. The van der Waals surface area contributed by atoms with E-state index >= 15 is 0 Å². The Hall–Kier alpha value is -1.93. The number of nitrogens with zero attached hydrogens (tertiary/aromatic N) is 2. The molecule has 0 spiro atoms. The second-order valence-corrected chi connectivity index (χ2v) is 9.69. The van der Waals surface area contributed by atoms with Crippen molar-refractivity contribution in [1.29, 1.82) is 0 Å². The van der Waals surface area contributed by atoms with E-state index in [9.17, 15) is 13.5 Å². The van der Waals surface area contributed by atoms with Crippen molar-refractivity contribution in [3.63, 3.8) is 0 Å². The molecule has 0 amide bonds. The number of likely N-dealkylation sites (tertiary alicyclic amines) is 1. The molecule has 0 aliphatic carbocycles. The van der Waals surface area contributed by atoms with Crippen LogP contribution in [0.2, 0.25) is 0 Å². The zero-order chi connectivity index (χ0) is 20.1. The van der Waals surface area contributed by atoms with Gasteiger partial charge in [-0.3, -0.25) is 4.90 Å². The maximum absolute atomic E-state index is 12.1. The number of β-amino-alcohol motifs (C(OH)–C–C–N with tert-alkyl or cyclic N) is 1. The minimum absolute atomic E-state index is 0.0379. The van der Waals surface area contributed by atoms with Crippen molar-refractivity contribution in [3.8, 4) is 5.75 Å². The van der Waals surface area contributed by atoms with Gasteiger partial charge in [0.2, 0.25) is 10.0 Å². The molecule has 2 aromatic rings. The van der Waals surface area contributed by atoms with Gasteiger partial charge in [0, 0.05) is 45.2 Å². The van der Waals surface area contributed by atoms with Gasteiger partial charge in [0.15, 0.2) is 0 Å². The summed E-state index contributed by atoms with van der Waals surface area (Å²) in [6.45, 7) is 2.10. The maximum Gasteiger partial charge on any atom is 0.214 e. The van der Waals surface area contributed by atoms with E-state index in [2.05, 4.69) is 4.90 Å². The Morgan fingerprint density at radius 1 is 1.07 bits per heavy atom. The predicted octanol–water partition coefficient (Wildman–Crippen LogP) is 1.95. The van der Waals surface area contributed by atoms with Crippen LogP contribution in [0.5, 0.6) is 5.75 Å². The van der Waals surface area contributed by atoms with Crippen molar-refractivity contribution in [2.45, 2.75) is 19.3 Å². The number of para-hydroxylation sites is 1. The lowest BCUT2D eigenvalue weighted by atomic mass is 10.1. The Kier molecular flexibility index (Phi) is 6.72. The Bertz CT molecular complexity index is 871. The van der Waals surface area contributed by atoms with E-state index in [1.807, 2.05) is 54.6 Å². The van der Waals surface area contributed by atoms with Gasteiger partial charge in [0.05, 0.1) is 11.9 Å². The first-order valence-corrected chi connectivity index (χ1v) is 11.0. The summed E-state index contributed by atoms with van der Waals surface area (Å²) in [6, 6.07) is 17.8. The van der Waals surface area contributed by atoms with Crippen LogP contribution in [-0.2, 0) is 23.2 Å². The molecule has 1 N–H and O–H groups in total. The lowest BCUT2D eigenvalue weighted by molar-refractivity contribution is 0.148. The number of rotatable bonds is 8. The van der Waals surface area contributed by atoms with Crippen LogP contribution in [0.25, 0.3) is 0 Å². The van der Waals surface area contributed by atoms with Crippen molar-refractivity contribution in [2.75, 3.05) is 32.9 Å². The third kappa shape index (κ3) is 5.32. The van der Waals surface area contributed by atoms with Gasteiger partial charge in [0.25, 0.3) is 0 Å². The number of hydrogen-bond acceptors (Lipinski definition) is 5. The first-order chi connectivity index (χ1) is 13.3. The average molecular weight is 405 g/mol. The number of aliphatic hydroxyl groups excluding tert-OH is 1. The molecule has 28 heavy (non-hydrogen) atoms. The van der Waals surface area contributed by atoms with Gasteiger partial charge >= 0.3 is 0 Å². The van der Waals surface area contributed by atoms with Crippen molar-refractivity contribution >= 4 is 10.0 Å². The van der Waals surface area contributed by atoms with E-state index in [1.54, 1.807) is 0 Å². The minimum Gasteiger partial charge on any atom is -0.489 e. The fraction of sp³-hybridized carbons (Fsp3) is 0.429. The average Bonchev–Trinajstić information content (AvgIpc) is 3.00. The highest BCUT2D eigenvalue weighted by molar-refractivity contribution is 7.89. The second-order valence-electron chi connectivity index (χ2n) is 7.46.